The monoisotopic (exact) mass is 245 g/mol. The van der Waals surface area contributed by atoms with E-state index in [2.05, 4.69) is 4.98 Å². The summed E-state index contributed by atoms with van der Waals surface area (Å²) in [5.74, 6) is 0.181. The Morgan fingerprint density at radius 2 is 1.83 bits per heavy atom. The van der Waals surface area contributed by atoms with Crippen LogP contribution in [0.1, 0.15) is 10.4 Å². The third-order valence-electron chi connectivity index (χ3n) is 2.28. The van der Waals surface area contributed by atoms with Crippen molar-refractivity contribution in [3.05, 3.63) is 48.2 Å². The molecule has 18 heavy (non-hydrogen) atoms. The zero-order valence-corrected chi connectivity index (χ0v) is 9.66. The van der Waals surface area contributed by atoms with E-state index >= 15 is 0 Å². The fourth-order valence-electron chi connectivity index (χ4n) is 1.39. The number of carboxylic acids is 1. The largest absolute Gasteiger partial charge is 0.497 e. The maximum absolute atomic E-state index is 11.0. The van der Waals surface area contributed by atoms with E-state index in [4.69, 9.17) is 14.6 Å². The van der Waals surface area contributed by atoms with Crippen molar-refractivity contribution >= 4 is 5.97 Å². The molecule has 0 radical (unpaired) electrons. The lowest BCUT2D eigenvalue weighted by Crippen LogP contribution is -2.01. The molecule has 0 amide bonds. The van der Waals surface area contributed by atoms with Gasteiger partial charge in [0.25, 0.3) is 0 Å². The second kappa shape index (κ2) is 5.18. The minimum atomic E-state index is -1.08. The molecular weight excluding hydrogens is 234 g/mol. The van der Waals surface area contributed by atoms with Gasteiger partial charge in [-0.2, -0.15) is 0 Å². The molecule has 0 atom stereocenters. The molecule has 1 aromatic heterocycles. The topological polar surface area (TPSA) is 68.7 Å². The summed E-state index contributed by atoms with van der Waals surface area (Å²) in [6, 6.07) is 9.79. The highest BCUT2D eigenvalue weighted by Crippen LogP contribution is 2.24. The number of benzene rings is 1. The van der Waals surface area contributed by atoms with Gasteiger partial charge < -0.3 is 14.6 Å². The molecule has 0 aliphatic rings. The highest BCUT2D eigenvalue weighted by Gasteiger charge is 2.12. The van der Waals surface area contributed by atoms with Crippen LogP contribution in [0.15, 0.2) is 42.6 Å². The van der Waals surface area contributed by atoms with Gasteiger partial charge in [0.2, 0.25) is 5.88 Å². The number of hydrogen-bond donors (Lipinski definition) is 1. The number of nitrogens with zero attached hydrogens (tertiary/aromatic N) is 1. The molecule has 5 heteroatoms. The second-order valence-electron chi connectivity index (χ2n) is 3.44. The molecule has 0 fully saturated rings. The molecule has 2 rings (SSSR count). The summed E-state index contributed by atoms with van der Waals surface area (Å²) >= 11 is 0. The fraction of sp³-hybridized carbons (Fsp3) is 0.0769. The lowest BCUT2D eigenvalue weighted by Gasteiger charge is -2.07. The van der Waals surface area contributed by atoms with E-state index in [0.717, 1.165) is 0 Å². The predicted octanol–water partition coefficient (Wildman–Crippen LogP) is 2.58. The summed E-state index contributed by atoms with van der Waals surface area (Å²) in [7, 11) is 1.57. The van der Waals surface area contributed by atoms with Crippen LogP contribution in [0, 0.1) is 0 Å². The lowest BCUT2D eigenvalue weighted by molar-refractivity contribution is 0.0693. The molecule has 92 valence electrons. The SMILES string of the molecule is COc1ccc(Oc2ncccc2C(=O)O)cc1. The number of pyridine rings is 1. The van der Waals surface area contributed by atoms with Gasteiger partial charge in [-0.05, 0) is 36.4 Å². The predicted molar refractivity (Wildman–Crippen MR) is 64.3 cm³/mol. The van der Waals surface area contributed by atoms with Gasteiger partial charge in [0.05, 0.1) is 7.11 Å². The summed E-state index contributed by atoms with van der Waals surface area (Å²) < 4.78 is 10.4. The molecule has 2 aromatic rings. The summed E-state index contributed by atoms with van der Waals surface area (Å²) in [6.07, 6.45) is 1.48. The van der Waals surface area contributed by atoms with Crippen molar-refractivity contribution in [2.24, 2.45) is 0 Å². The molecule has 0 saturated carbocycles. The van der Waals surface area contributed by atoms with Crippen molar-refractivity contribution in [3.8, 4) is 17.4 Å². The summed E-state index contributed by atoms with van der Waals surface area (Å²) in [4.78, 5) is 14.9. The second-order valence-corrected chi connectivity index (χ2v) is 3.44. The minimum absolute atomic E-state index is 0.0216. The van der Waals surface area contributed by atoms with Crippen molar-refractivity contribution in [1.82, 2.24) is 4.98 Å². The smallest absolute Gasteiger partial charge is 0.341 e. The average molecular weight is 245 g/mol. The number of rotatable bonds is 4. The van der Waals surface area contributed by atoms with Crippen LogP contribution in [-0.2, 0) is 0 Å². The van der Waals surface area contributed by atoms with Crippen molar-refractivity contribution in [3.63, 3.8) is 0 Å². The van der Waals surface area contributed by atoms with E-state index in [0.29, 0.717) is 11.5 Å². The number of hydrogen-bond acceptors (Lipinski definition) is 4. The van der Waals surface area contributed by atoms with Gasteiger partial charge >= 0.3 is 5.97 Å². The van der Waals surface area contributed by atoms with Crippen LogP contribution in [0.4, 0.5) is 0 Å². The van der Waals surface area contributed by atoms with Crippen LogP contribution in [-0.4, -0.2) is 23.2 Å². The van der Waals surface area contributed by atoms with E-state index in [1.165, 1.54) is 12.3 Å². The van der Waals surface area contributed by atoms with Crippen LogP contribution in [0.25, 0.3) is 0 Å². The highest BCUT2D eigenvalue weighted by atomic mass is 16.5. The Bertz CT molecular complexity index is 551. The van der Waals surface area contributed by atoms with E-state index in [1.54, 1.807) is 37.4 Å². The Balaban J connectivity index is 2.25. The third kappa shape index (κ3) is 2.57. The van der Waals surface area contributed by atoms with Gasteiger partial charge in [0.15, 0.2) is 0 Å². The number of carbonyl (C=O) groups is 1. The summed E-state index contributed by atoms with van der Waals surface area (Å²) in [5, 5.41) is 8.99. The first-order chi connectivity index (χ1) is 8.70. The number of aromatic nitrogens is 1. The van der Waals surface area contributed by atoms with Gasteiger partial charge in [-0.1, -0.05) is 0 Å². The van der Waals surface area contributed by atoms with E-state index < -0.39 is 5.97 Å². The first-order valence-electron chi connectivity index (χ1n) is 5.21. The maximum atomic E-state index is 11.0. The Morgan fingerprint density at radius 1 is 1.17 bits per heavy atom. The Hall–Kier alpha value is -2.56. The number of methoxy groups -OCH3 is 1. The molecule has 0 aliphatic heterocycles. The van der Waals surface area contributed by atoms with E-state index in [9.17, 15) is 4.79 Å². The van der Waals surface area contributed by atoms with Gasteiger partial charge in [-0.3, -0.25) is 0 Å². The highest BCUT2D eigenvalue weighted by molar-refractivity contribution is 5.90. The van der Waals surface area contributed by atoms with Crippen molar-refractivity contribution in [2.45, 2.75) is 0 Å². The van der Waals surface area contributed by atoms with E-state index in [-0.39, 0.29) is 11.4 Å². The molecule has 1 heterocycles. The standard InChI is InChI=1S/C13H11NO4/c1-17-9-4-6-10(7-5-9)18-12-11(13(15)16)3-2-8-14-12/h2-8H,1H3,(H,15,16). The normalized spacial score (nSPS) is 9.83. The molecule has 0 unspecified atom stereocenters. The van der Waals surface area contributed by atoms with Crippen LogP contribution in [0.2, 0.25) is 0 Å². The summed E-state index contributed by atoms with van der Waals surface area (Å²) in [6.45, 7) is 0. The Morgan fingerprint density at radius 3 is 2.44 bits per heavy atom. The fourth-order valence-corrected chi connectivity index (χ4v) is 1.39. The van der Waals surface area contributed by atoms with Crippen LogP contribution in [0.3, 0.4) is 0 Å². The molecule has 1 N–H and O–H groups in total. The van der Waals surface area contributed by atoms with Crippen molar-refractivity contribution in [1.29, 1.82) is 0 Å². The third-order valence-corrected chi connectivity index (χ3v) is 2.28. The van der Waals surface area contributed by atoms with Crippen molar-refractivity contribution in [2.75, 3.05) is 7.11 Å². The minimum Gasteiger partial charge on any atom is -0.497 e. The maximum Gasteiger partial charge on any atom is 0.341 e. The number of aromatic carboxylic acids is 1. The van der Waals surface area contributed by atoms with E-state index in [1.807, 2.05) is 0 Å². The zero-order valence-electron chi connectivity index (χ0n) is 9.66. The van der Waals surface area contributed by atoms with Gasteiger partial charge in [0, 0.05) is 6.20 Å². The lowest BCUT2D eigenvalue weighted by atomic mass is 10.3. The molecule has 0 spiro atoms. The number of ether oxygens (including phenoxy) is 2. The molecule has 1 aromatic carbocycles. The molecule has 0 bridgehead atoms. The summed E-state index contributed by atoms with van der Waals surface area (Å²) in [5.41, 5.74) is 0.0216. The van der Waals surface area contributed by atoms with Gasteiger partial charge in [0.1, 0.15) is 17.1 Å². The Labute approximate surface area is 104 Å². The zero-order chi connectivity index (χ0) is 13.0. The van der Waals surface area contributed by atoms with Crippen LogP contribution in [0.5, 0.6) is 17.4 Å². The van der Waals surface area contributed by atoms with Gasteiger partial charge in [-0.15, -0.1) is 0 Å². The molecule has 0 aliphatic carbocycles. The molecule has 0 saturated heterocycles. The molecule has 5 nitrogen and oxygen atoms in total. The first kappa shape index (κ1) is 11.9. The number of carboxylic acid groups (broad SMARTS) is 1. The molecular formula is C13H11NO4. The first-order valence-corrected chi connectivity index (χ1v) is 5.21. The average Bonchev–Trinajstić information content (AvgIpc) is 2.40. The van der Waals surface area contributed by atoms with Gasteiger partial charge in [-0.25, -0.2) is 9.78 Å². The Kier molecular flexibility index (Phi) is 3.43. The van der Waals surface area contributed by atoms with Crippen LogP contribution < -0.4 is 9.47 Å². The van der Waals surface area contributed by atoms with Crippen LogP contribution >= 0.6 is 0 Å². The quantitative estimate of drug-likeness (QED) is 0.896. The van der Waals surface area contributed by atoms with Crippen molar-refractivity contribution < 1.29 is 19.4 Å².